The average Bonchev–Trinajstić information content (AvgIpc) is 3.18. The van der Waals surface area contributed by atoms with Crippen molar-refractivity contribution >= 4 is 17.8 Å². The lowest BCUT2D eigenvalue weighted by Gasteiger charge is -2.16. The van der Waals surface area contributed by atoms with Crippen LogP contribution in [0, 0.1) is 0 Å². The van der Waals surface area contributed by atoms with Gasteiger partial charge in [-0.1, -0.05) is 30.3 Å². The van der Waals surface area contributed by atoms with E-state index in [-0.39, 0.29) is 12.8 Å². The van der Waals surface area contributed by atoms with Crippen LogP contribution in [0.2, 0.25) is 0 Å². The Morgan fingerprint density at radius 3 is 2.54 bits per heavy atom. The van der Waals surface area contributed by atoms with E-state index >= 15 is 0 Å². The predicted octanol–water partition coefficient (Wildman–Crippen LogP) is 1.66. The summed E-state index contributed by atoms with van der Waals surface area (Å²) in [6.07, 6.45) is 2.30. The number of furan rings is 1. The Morgan fingerprint density at radius 1 is 1.12 bits per heavy atom. The largest absolute Gasteiger partial charge is 0.469 e. The van der Waals surface area contributed by atoms with Crippen molar-refractivity contribution in [3.63, 3.8) is 0 Å². The summed E-state index contributed by atoms with van der Waals surface area (Å²) in [7, 11) is 1.25. The van der Waals surface area contributed by atoms with E-state index in [4.69, 9.17) is 13.9 Å². The molecule has 1 unspecified atom stereocenters. The molecule has 2 rings (SSSR count). The van der Waals surface area contributed by atoms with Gasteiger partial charge in [-0.3, -0.25) is 9.59 Å². The van der Waals surface area contributed by atoms with Crippen molar-refractivity contribution in [2.24, 2.45) is 0 Å². The van der Waals surface area contributed by atoms with E-state index in [9.17, 15) is 14.4 Å². The molecule has 2 aromatic rings. The number of carbonyl (C=O) groups excluding carboxylic acids is 3. The van der Waals surface area contributed by atoms with Gasteiger partial charge in [0.2, 0.25) is 0 Å². The van der Waals surface area contributed by atoms with Crippen LogP contribution in [0.3, 0.4) is 0 Å². The van der Waals surface area contributed by atoms with Crippen molar-refractivity contribution in [1.29, 1.82) is 0 Å². The zero-order chi connectivity index (χ0) is 18.8. The molecule has 7 nitrogen and oxygen atoms in total. The number of benzene rings is 1. The third-order valence-corrected chi connectivity index (χ3v) is 3.62. The first kappa shape index (κ1) is 19.2. The Morgan fingerprint density at radius 2 is 1.88 bits per heavy atom. The van der Waals surface area contributed by atoms with Crippen molar-refractivity contribution in [1.82, 2.24) is 5.32 Å². The number of ether oxygens (including phenoxy) is 2. The van der Waals surface area contributed by atoms with Crippen LogP contribution in [0.25, 0.3) is 0 Å². The summed E-state index contributed by atoms with van der Waals surface area (Å²) in [5.41, 5.74) is 0.874. The Hall–Kier alpha value is -3.09. The van der Waals surface area contributed by atoms with Crippen LogP contribution in [0.15, 0.2) is 53.1 Å². The fourth-order valence-electron chi connectivity index (χ4n) is 2.32. The molecule has 1 N–H and O–H groups in total. The molecular formula is C19H21NO6. The molecule has 7 heteroatoms. The molecule has 0 radical (unpaired) electrons. The molecule has 0 aliphatic heterocycles. The monoisotopic (exact) mass is 359 g/mol. The van der Waals surface area contributed by atoms with Gasteiger partial charge in [0.15, 0.2) is 6.61 Å². The van der Waals surface area contributed by atoms with Crippen molar-refractivity contribution in [2.75, 3.05) is 13.7 Å². The van der Waals surface area contributed by atoms with Crippen LogP contribution in [0.1, 0.15) is 17.7 Å². The number of esters is 2. The van der Waals surface area contributed by atoms with Gasteiger partial charge in [-0.05, 0) is 17.7 Å². The molecule has 1 heterocycles. The molecule has 0 bridgehead atoms. The summed E-state index contributed by atoms with van der Waals surface area (Å²) >= 11 is 0. The second-order valence-corrected chi connectivity index (χ2v) is 5.57. The molecule has 0 saturated heterocycles. The number of hydrogen-bond acceptors (Lipinski definition) is 6. The number of amides is 1. The van der Waals surface area contributed by atoms with Crippen molar-refractivity contribution in [3.8, 4) is 0 Å². The highest BCUT2D eigenvalue weighted by Crippen LogP contribution is 2.06. The molecule has 26 heavy (non-hydrogen) atoms. The maximum Gasteiger partial charge on any atom is 0.328 e. The smallest absolute Gasteiger partial charge is 0.328 e. The number of carbonyl (C=O) groups is 3. The van der Waals surface area contributed by atoms with Crippen LogP contribution in [0.4, 0.5) is 0 Å². The second kappa shape index (κ2) is 10.0. The van der Waals surface area contributed by atoms with Crippen molar-refractivity contribution in [2.45, 2.75) is 25.3 Å². The highest BCUT2D eigenvalue weighted by Gasteiger charge is 2.22. The quantitative estimate of drug-likeness (QED) is 0.684. The fraction of sp³-hybridized carbons (Fsp3) is 0.316. The van der Waals surface area contributed by atoms with Crippen molar-refractivity contribution in [3.05, 3.63) is 60.1 Å². The van der Waals surface area contributed by atoms with Gasteiger partial charge in [0, 0.05) is 12.8 Å². The number of rotatable bonds is 9. The summed E-state index contributed by atoms with van der Waals surface area (Å²) in [5.74, 6) is -0.983. The van der Waals surface area contributed by atoms with Gasteiger partial charge >= 0.3 is 11.9 Å². The molecule has 1 amide bonds. The average molecular weight is 359 g/mol. The Bertz CT molecular complexity index is 711. The molecule has 1 aromatic carbocycles. The maximum absolute atomic E-state index is 12.0. The van der Waals surface area contributed by atoms with E-state index in [0.717, 1.165) is 5.56 Å². The highest BCUT2D eigenvalue weighted by atomic mass is 16.5. The molecule has 138 valence electrons. The van der Waals surface area contributed by atoms with E-state index in [1.807, 2.05) is 30.3 Å². The van der Waals surface area contributed by atoms with Crippen LogP contribution in [0.5, 0.6) is 0 Å². The van der Waals surface area contributed by atoms with E-state index in [2.05, 4.69) is 5.32 Å². The topological polar surface area (TPSA) is 94.8 Å². The third-order valence-electron chi connectivity index (χ3n) is 3.62. The minimum atomic E-state index is -0.850. The highest BCUT2D eigenvalue weighted by molar-refractivity contribution is 5.86. The van der Waals surface area contributed by atoms with Crippen LogP contribution < -0.4 is 5.32 Å². The lowest BCUT2D eigenvalue weighted by Crippen LogP contribution is -2.44. The van der Waals surface area contributed by atoms with E-state index < -0.39 is 30.5 Å². The maximum atomic E-state index is 12.0. The first-order chi connectivity index (χ1) is 12.6. The summed E-state index contributed by atoms with van der Waals surface area (Å²) in [6, 6.07) is 11.9. The Labute approximate surface area is 151 Å². The minimum absolute atomic E-state index is 0.102. The number of nitrogens with one attached hydrogen (secondary N) is 1. The van der Waals surface area contributed by atoms with Crippen LogP contribution >= 0.6 is 0 Å². The molecule has 0 spiro atoms. The Balaban J connectivity index is 1.78. The molecular weight excluding hydrogens is 338 g/mol. The Kier molecular flexibility index (Phi) is 7.42. The van der Waals surface area contributed by atoms with Gasteiger partial charge in [0.25, 0.3) is 5.91 Å². The number of hydrogen-bond donors (Lipinski definition) is 1. The normalized spacial score (nSPS) is 11.4. The van der Waals surface area contributed by atoms with E-state index in [1.54, 1.807) is 12.1 Å². The standard InChI is InChI=1S/C19H21NO6/c1-24-19(23)16(12-14-6-3-2-4-7-14)20-17(21)13-26-18(22)10-9-15-8-5-11-25-15/h2-8,11,16H,9-10,12-13H2,1H3,(H,20,21). The minimum Gasteiger partial charge on any atom is -0.469 e. The summed E-state index contributed by atoms with van der Waals surface area (Å²) < 4.78 is 14.8. The molecule has 0 aliphatic rings. The first-order valence-corrected chi connectivity index (χ1v) is 8.17. The molecule has 0 saturated carbocycles. The van der Waals surface area contributed by atoms with Gasteiger partial charge < -0.3 is 19.2 Å². The summed E-state index contributed by atoms with van der Waals surface area (Å²) in [4.78, 5) is 35.5. The van der Waals surface area contributed by atoms with Gasteiger partial charge in [0.05, 0.1) is 19.8 Å². The molecule has 0 fully saturated rings. The van der Waals surface area contributed by atoms with Crippen molar-refractivity contribution < 1.29 is 28.3 Å². The predicted molar refractivity (Wildman–Crippen MR) is 92.1 cm³/mol. The van der Waals surface area contributed by atoms with Gasteiger partial charge in [-0.25, -0.2) is 4.79 Å². The van der Waals surface area contributed by atoms with Gasteiger partial charge in [0.1, 0.15) is 11.8 Å². The SMILES string of the molecule is COC(=O)C(Cc1ccccc1)NC(=O)COC(=O)CCc1ccco1. The van der Waals surface area contributed by atoms with Gasteiger partial charge in [-0.2, -0.15) is 0 Å². The lowest BCUT2D eigenvalue weighted by molar-refractivity contribution is -0.150. The molecule has 0 aliphatic carbocycles. The molecule has 1 aromatic heterocycles. The fourth-order valence-corrected chi connectivity index (χ4v) is 2.32. The summed E-state index contributed by atoms with van der Waals surface area (Å²) in [5, 5.41) is 2.53. The van der Waals surface area contributed by atoms with E-state index in [1.165, 1.54) is 13.4 Å². The number of methoxy groups -OCH3 is 1. The third kappa shape index (κ3) is 6.43. The summed E-state index contributed by atoms with van der Waals surface area (Å²) in [6.45, 7) is -0.459. The second-order valence-electron chi connectivity index (χ2n) is 5.57. The lowest BCUT2D eigenvalue weighted by atomic mass is 10.1. The zero-order valence-corrected chi connectivity index (χ0v) is 14.5. The van der Waals surface area contributed by atoms with Gasteiger partial charge in [-0.15, -0.1) is 0 Å². The first-order valence-electron chi connectivity index (χ1n) is 8.17. The number of aryl methyl sites for hydroxylation is 1. The van der Waals surface area contributed by atoms with Crippen LogP contribution in [-0.2, 0) is 36.7 Å². The zero-order valence-electron chi connectivity index (χ0n) is 14.5. The molecule has 1 atom stereocenters. The van der Waals surface area contributed by atoms with Crippen LogP contribution in [-0.4, -0.2) is 37.6 Å². The van der Waals surface area contributed by atoms with E-state index in [0.29, 0.717) is 12.2 Å².